The molecule has 5 nitrogen and oxygen atoms in total. The van der Waals surface area contributed by atoms with Crippen LogP contribution in [0.5, 0.6) is 5.75 Å². The standard InChI is InChI=1S/C16H11BrO5S/c1-10-6-8-11(9-7-10)23(19,20)22-15-12-4-2-3-5-13(12)21-16(18)14(15)17/h2-9H,1H3. The summed E-state index contributed by atoms with van der Waals surface area (Å²) in [7, 11) is -4.07. The van der Waals surface area contributed by atoms with Gasteiger partial charge in [0.05, 0.1) is 5.39 Å². The first kappa shape index (κ1) is 15.8. The zero-order chi connectivity index (χ0) is 16.6. The van der Waals surface area contributed by atoms with Crippen molar-refractivity contribution in [3.05, 3.63) is 69.0 Å². The topological polar surface area (TPSA) is 73.6 Å². The maximum Gasteiger partial charge on any atom is 0.354 e. The Bertz CT molecular complexity index is 1040. The van der Waals surface area contributed by atoms with Gasteiger partial charge in [-0.15, -0.1) is 0 Å². The van der Waals surface area contributed by atoms with Crippen LogP contribution in [0.25, 0.3) is 11.0 Å². The molecule has 0 aliphatic rings. The Morgan fingerprint density at radius 3 is 2.39 bits per heavy atom. The molecule has 118 valence electrons. The lowest BCUT2D eigenvalue weighted by Crippen LogP contribution is -2.13. The van der Waals surface area contributed by atoms with E-state index in [0.717, 1.165) is 5.56 Å². The van der Waals surface area contributed by atoms with Crippen LogP contribution in [0.15, 0.2) is 67.1 Å². The van der Waals surface area contributed by atoms with Crippen molar-refractivity contribution in [1.29, 1.82) is 0 Å². The van der Waals surface area contributed by atoms with E-state index in [2.05, 4.69) is 15.9 Å². The highest BCUT2D eigenvalue weighted by Gasteiger charge is 2.22. The van der Waals surface area contributed by atoms with Gasteiger partial charge in [-0.2, -0.15) is 8.42 Å². The minimum absolute atomic E-state index is 0.00678. The fraction of sp³-hybridized carbons (Fsp3) is 0.0625. The zero-order valence-electron chi connectivity index (χ0n) is 11.9. The van der Waals surface area contributed by atoms with E-state index in [9.17, 15) is 13.2 Å². The highest BCUT2D eigenvalue weighted by molar-refractivity contribution is 9.10. The molecule has 23 heavy (non-hydrogen) atoms. The summed E-state index contributed by atoms with van der Waals surface area (Å²) < 4.78 is 35.1. The van der Waals surface area contributed by atoms with Crippen LogP contribution >= 0.6 is 15.9 Å². The van der Waals surface area contributed by atoms with Crippen LogP contribution in [0, 0.1) is 6.92 Å². The van der Waals surface area contributed by atoms with E-state index in [0.29, 0.717) is 5.39 Å². The monoisotopic (exact) mass is 394 g/mol. The van der Waals surface area contributed by atoms with E-state index in [1.807, 2.05) is 6.92 Å². The van der Waals surface area contributed by atoms with Gasteiger partial charge in [0.15, 0.2) is 5.75 Å². The first-order valence-electron chi connectivity index (χ1n) is 6.61. The van der Waals surface area contributed by atoms with Gasteiger partial charge in [0, 0.05) is 0 Å². The van der Waals surface area contributed by atoms with Crippen molar-refractivity contribution in [3.63, 3.8) is 0 Å². The molecule has 2 aromatic carbocycles. The molecular formula is C16H11BrO5S. The number of halogens is 1. The lowest BCUT2D eigenvalue weighted by atomic mass is 10.2. The Balaban J connectivity index is 2.16. The second kappa shape index (κ2) is 5.82. The van der Waals surface area contributed by atoms with Gasteiger partial charge in [-0.1, -0.05) is 29.8 Å². The summed E-state index contributed by atoms with van der Waals surface area (Å²) in [5.41, 5.74) is 0.462. The molecule has 0 amide bonds. The van der Waals surface area contributed by atoms with Crippen LogP contribution in [-0.4, -0.2) is 8.42 Å². The molecule has 7 heteroatoms. The Labute approximate surface area is 140 Å². The number of fused-ring (bicyclic) bond motifs is 1. The number of rotatable bonds is 3. The van der Waals surface area contributed by atoms with Crippen LogP contribution in [0.3, 0.4) is 0 Å². The average Bonchev–Trinajstić information content (AvgIpc) is 2.52. The third-order valence-electron chi connectivity index (χ3n) is 3.22. The Kier molecular flexibility index (Phi) is 3.99. The first-order chi connectivity index (χ1) is 10.9. The third kappa shape index (κ3) is 3.02. The maximum absolute atomic E-state index is 12.4. The molecule has 0 spiro atoms. The van der Waals surface area contributed by atoms with Crippen molar-refractivity contribution in [1.82, 2.24) is 0 Å². The van der Waals surface area contributed by atoms with Crippen molar-refractivity contribution in [2.24, 2.45) is 0 Å². The molecule has 3 aromatic rings. The molecule has 1 heterocycles. The lowest BCUT2D eigenvalue weighted by Gasteiger charge is -2.10. The molecule has 0 N–H and O–H groups in total. The van der Waals surface area contributed by atoms with Crippen molar-refractivity contribution in [2.45, 2.75) is 11.8 Å². The second-order valence-electron chi connectivity index (χ2n) is 4.88. The van der Waals surface area contributed by atoms with Crippen LogP contribution < -0.4 is 9.81 Å². The fourth-order valence-corrected chi connectivity index (χ4v) is 3.48. The molecule has 0 saturated carbocycles. The van der Waals surface area contributed by atoms with E-state index in [1.54, 1.807) is 36.4 Å². The molecule has 3 rings (SSSR count). The number of para-hydroxylation sites is 1. The third-order valence-corrected chi connectivity index (χ3v) is 5.14. The zero-order valence-corrected chi connectivity index (χ0v) is 14.3. The minimum Gasteiger partial charge on any atom is -0.422 e. The van der Waals surface area contributed by atoms with Gasteiger partial charge in [-0.3, -0.25) is 0 Å². The van der Waals surface area contributed by atoms with E-state index in [1.165, 1.54) is 12.1 Å². The highest BCUT2D eigenvalue weighted by Crippen LogP contribution is 2.33. The number of hydrogen-bond acceptors (Lipinski definition) is 5. The predicted molar refractivity (Wildman–Crippen MR) is 89.2 cm³/mol. The predicted octanol–water partition coefficient (Wildman–Crippen LogP) is 3.63. The van der Waals surface area contributed by atoms with Gasteiger partial charge >= 0.3 is 15.7 Å². The number of benzene rings is 2. The normalized spacial score (nSPS) is 11.6. The Morgan fingerprint density at radius 1 is 1.04 bits per heavy atom. The molecule has 0 aliphatic heterocycles. The van der Waals surface area contributed by atoms with Crippen molar-refractivity contribution >= 4 is 37.0 Å². The fourth-order valence-electron chi connectivity index (χ4n) is 2.04. The van der Waals surface area contributed by atoms with E-state index < -0.39 is 15.7 Å². The van der Waals surface area contributed by atoms with Crippen molar-refractivity contribution in [2.75, 3.05) is 0 Å². The van der Waals surface area contributed by atoms with Crippen molar-refractivity contribution in [3.8, 4) is 5.75 Å². The van der Waals surface area contributed by atoms with E-state index >= 15 is 0 Å². The van der Waals surface area contributed by atoms with E-state index in [-0.39, 0.29) is 20.7 Å². The molecule has 0 unspecified atom stereocenters. The maximum atomic E-state index is 12.4. The highest BCUT2D eigenvalue weighted by atomic mass is 79.9. The minimum atomic E-state index is -4.07. The second-order valence-corrected chi connectivity index (χ2v) is 7.22. The van der Waals surface area contributed by atoms with Crippen LogP contribution in [0.4, 0.5) is 0 Å². The first-order valence-corrected chi connectivity index (χ1v) is 8.81. The molecule has 1 aromatic heterocycles. The summed E-state index contributed by atoms with van der Waals surface area (Å²) in [5, 5.41) is 0.384. The van der Waals surface area contributed by atoms with E-state index in [4.69, 9.17) is 8.60 Å². The van der Waals surface area contributed by atoms with Gasteiger partial charge in [-0.25, -0.2) is 4.79 Å². The SMILES string of the molecule is Cc1ccc(S(=O)(=O)Oc2c(Br)c(=O)oc3ccccc23)cc1. The summed E-state index contributed by atoms with van der Waals surface area (Å²) in [6, 6.07) is 12.8. The molecule has 0 radical (unpaired) electrons. The number of aryl methyl sites for hydroxylation is 1. The molecule has 0 aliphatic carbocycles. The summed E-state index contributed by atoms with van der Waals surface area (Å²) >= 11 is 3.04. The molecular weight excluding hydrogens is 384 g/mol. The Hall–Kier alpha value is -2.12. The smallest absolute Gasteiger partial charge is 0.354 e. The van der Waals surface area contributed by atoms with Gasteiger partial charge in [0.25, 0.3) is 0 Å². The number of hydrogen-bond donors (Lipinski definition) is 0. The molecule has 0 atom stereocenters. The van der Waals surface area contributed by atoms with Gasteiger partial charge in [0.1, 0.15) is 15.0 Å². The molecule has 0 saturated heterocycles. The van der Waals surface area contributed by atoms with Crippen LogP contribution in [-0.2, 0) is 10.1 Å². The summed E-state index contributed by atoms with van der Waals surface area (Å²) in [4.78, 5) is 11.8. The quantitative estimate of drug-likeness (QED) is 0.500. The van der Waals surface area contributed by atoms with Gasteiger partial charge in [-0.05, 0) is 47.1 Å². The summed E-state index contributed by atoms with van der Waals surface area (Å²) in [6.45, 7) is 1.85. The van der Waals surface area contributed by atoms with Gasteiger partial charge in [0.2, 0.25) is 0 Å². The lowest BCUT2D eigenvalue weighted by molar-refractivity contribution is 0.479. The van der Waals surface area contributed by atoms with Crippen molar-refractivity contribution < 1.29 is 17.0 Å². The molecule has 0 bridgehead atoms. The largest absolute Gasteiger partial charge is 0.422 e. The van der Waals surface area contributed by atoms with Crippen LogP contribution in [0.2, 0.25) is 0 Å². The summed E-state index contributed by atoms with van der Waals surface area (Å²) in [6.07, 6.45) is 0. The molecule has 0 fully saturated rings. The summed E-state index contributed by atoms with van der Waals surface area (Å²) in [5.74, 6) is -0.0857. The van der Waals surface area contributed by atoms with Gasteiger partial charge < -0.3 is 8.60 Å². The Morgan fingerprint density at radius 2 is 1.70 bits per heavy atom. The van der Waals surface area contributed by atoms with Crippen LogP contribution in [0.1, 0.15) is 5.56 Å². The average molecular weight is 395 g/mol.